The summed E-state index contributed by atoms with van der Waals surface area (Å²) in [4.78, 5) is 18.2. The standard InChI is InChI=1S/C12H10Cl2N4O2/c1-6-3-4-8(13)5-9(6)16-11-10(18(19)20)7(2)15-12(14)17-11/h3-5H,1-2H3,(H,15,16,17). The molecule has 104 valence electrons. The number of aryl methyl sites for hydroxylation is 2. The Balaban J connectivity index is 2.53. The van der Waals surface area contributed by atoms with Crippen LogP contribution in [0.15, 0.2) is 18.2 Å². The number of hydrogen-bond acceptors (Lipinski definition) is 5. The third-order valence-electron chi connectivity index (χ3n) is 2.67. The summed E-state index contributed by atoms with van der Waals surface area (Å²) in [5, 5.41) is 14.4. The fraction of sp³-hybridized carbons (Fsp3) is 0.167. The maximum absolute atomic E-state index is 11.1. The lowest BCUT2D eigenvalue weighted by atomic mass is 10.2. The second-order valence-corrected chi connectivity index (χ2v) is 4.89. The van der Waals surface area contributed by atoms with Crippen LogP contribution in [0, 0.1) is 24.0 Å². The van der Waals surface area contributed by atoms with Crippen molar-refractivity contribution in [1.29, 1.82) is 0 Å². The van der Waals surface area contributed by atoms with Crippen molar-refractivity contribution in [2.24, 2.45) is 0 Å². The molecular formula is C12H10Cl2N4O2. The van der Waals surface area contributed by atoms with Crippen LogP contribution in [0.1, 0.15) is 11.3 Å². The number of rotatable bonds is 3. The van der Waals surface area contributed by atoms with Crippen LogP contribution in [-0.2, 0) is 0 Å². The van der Waals surface area contributed by atoms with E-state index < -0.39 is 4.92 Å². The molecule has 2 rings (SSSR count). The fourth-order valence-electron chi connectivity index (χ4n) is 1.70. The molecule has 8 heteroatoms. The Labute approximate surface area is 124 Å². The van der Waals surface area contributed by atoms with Crippen molar-refractivity contribution >= 4 is 40.4 Å². The quantitative estimate of drug-likeness (QED) is 0.525. The second kappa shape index (κ2) is 5.60. The third-order valence-corrected chi connectivity index (χ3v) is 3.07. The lowest BCUT2D eigenvalue weighted by Crippen LogP contribution is -2.05. The summed E-state index contributed by atoms with van der Waals surface area (Å²) in [5.74, 6) is 0.0397. The Morgan fingerprint density at radius 2 is 1.95 bits per heavy atom. The first-order chi connectivity index (χ1) is 9.38. The van der Waals surface area contributed by atoms with Gasteiger partial charge in [0.15, 0.2) is 0 Å². The maximum atomic E-state index is 11.1. The summed E-state index contributed by atoms with van der Waals surface area (Å²) < 4.78 is 0. The molecule has 1 heterocycles. The third kappa shape index (κ3) is 2.97. The van der Waals surface area contributed by atoms with Gasteiger partial charge in [0.2, 0.25) is 11.1 Å². The monoisotopic (exact) mass is 312 g/mol. The van der Waals surface area contributed by atoms with Gasteiger partial charge >= 0.3 is 5.69 Å². The molecule has 1 aromatic heterocycles. The van der Waals surface area contributed by atoms with E-state index in [1.807, 2.05) is 6.92 Å². The Hall–Kier alpha value is -1.92. The van der Waals surface area contributed by atoms with Crippen LogP contribution in [0.2, 0.25) is 10.3 Å². The Kier molecular flexibility index (Phi) is 4.06. The van der Waals surface area contributed by atoms with Crippen molar-refractivity contribution in [3.05, 3.63) is 49.9 Å². The van der Waals surface area contributed by atoms with Crippen LogP contribution in [0.25, 0.3) is 0 Å². The topological polar surface area (TPSA) is 81.0 Å². The van der Waals surface area contributed by atoms with E-state index in [9.17, 15) is 10.1 Å². The molecule has 0 unspecified atom stereocenters. The van der Waals surface area contributed by atoms with Crippen molar-refractivity contribution in [3.8, 4) is 0 Å². The van der Waals surface area contributed by atoms with E-state index in [4.69, 9.17) is 23.2 Å². The average Bonchev–Trinajstić information content (AvgIpc) is 2.32. The first-order valence-electron chi connectivity index (χ1n) is 5.60. The highest BCUT2D eigenvalue weighted by Gasteiger charge is 2.22. The predicted octanol–water partition coefficient (Wildman–Crippen LogP) is 4.05. The van der Waals surface area contributed by atoms with Crippen molar-refractivity contribution in [2.45, 2.75) is 13.8 Å². The number of aromatic nitrogens is 2. The zero-order valence-electron chi connectivity index (χ0n) is 10.6. The van der Waals surface area contributed by atoms with E-state index in [2.05, 4.69) is 15.3 Å². The van der Waals surface area contributed by atoms with Crippen LogP contribution in [0.3, 0.4) is 0 Å². The van der Waals surface area contributed by atoms with Crippen LogP contribution < -0.4 is 5.32 Å². The summed E-state index contributed by atoms with van der Waals surface area (Å²) >= 11 is 11.7. The molecule has 20 heavy (non-hydrogen) atoms. The van der Waals surface area contributed by atoms with E-state index in [1.165, 1.54) is 6.92 Å². The first-order valence-corrected chi connectivity index (χ1v) is 6.36. The molecule has 0 fully saturated rings. The van der Waals surface area contributed by atoms with Gasteiger partial charge in [0, 0.05) is 10.7 Å². The van der Waals surface area contributed by atoms with Crippen LogP contribution >= 0.6 is 23.2 Å². The Morgan fingerprint density at radius 3 is 2.60 bits per heavy atom. The highest BCUT2D eigenvalue weighted by molar-refractivity contribution is 6.31. The minimum Gasteiger partial charge on any atom is -0.334 e. The number of anilines is 2. The van der Waals surface area contributed by atoms with Gasteiger partial charge < -0.3 is 5.32 Å². The van der Waals surface area contributed by atoms with Gasteiger partial charge in [0.05, 0.1) is 4.92 Å². The minimum absolute atomic E-state index is 0.0397. The van der Waals surface area contributed by atoms with Gasteiger partial charge in [-0.15, -0.1) is 0 Å². The molecule has 1 aromatic carbocycles. The molecule has 0 saturated heterocycles. The van der Waals surface area contributed by atoms with Gasteiger partial charge in [-0.3, -0.25) is 10.1 Å². The van der Waals surface area contributed by atoms with Gasteiger partial charge in [-0.2, -0.15) is 4.98 Å². The van der Waals surface area contributed by atoms with Crippen LogP contribution in [-0.4, -0.2) is 14.9 Å². The maximum Gasteiger partial charge on any atom is 0.332 e. The summed E-state index contributed by atoms with van der Waals surface area (Å²) in [6.07, 6.45) is 0. The molecule has 0 spiro atoms. The van der Waals surface area contributed by atoms with Crippen LogP contribution in [0.5, 0.6) is 0 Å². The van der Waals surface area contributed by atoms with Crippen LogP contribution in [0.4, 0.5) is 17.2 Å². The Bertz CT molecular complexity index is 691. The SMILES string of the molecule is Cc1ccc(Cl)cc1Nc1nc(Cl)nc(C)c1[N+](=O)[O-]. The van der Waals surface area contributed by atoms with Crippen molar-refractivity contribution in [1.82, 2.24) is 9.97 Å². The predicted molar refractivity (Wildman–Crippen MR) is 77.9 cm³/mol. The lowest BCUT2D eigenvalue weighted by Gasteiger charge is -2.10. The number of benzene rings is 1. The van der Waals surface area contributed by atoms with E-state index in [1.54, 1.807) is 18.2 Å². The van der Waals surface area contributed by atoms with E-state index in [0.717, 1.165) is 5.56 Å². The second-order valence-electron chi connectivity index (χ2n) is 4.12. The highest BCUT2D eigenvalue weighted by atomic mass is 35.5. The zero-order valence-corrected chi connectivity index (χ0v) is 12.2. The molecule has 0 aliphatic carbocycles. The molecule has 6 nitrogen and oxygen atoms in total. The van der Waals surface area contributed by atoms with Crippen molar-refractivity contribution < 1.29 is 4.92 Å². The van der Waals surface area contributed by atoms with Gasteiger partial charge in [0.25, 0.3) is 0 Å². The summed E-state index contributed by atoms with van der Waals surface area (Å²) in [6.45, 7) is 3.35. The number of nitrogens with one attached hydrogen (secondary N) is 1. The summed E-state index contributed by atoms with van der Waals surface area (Å²) in [5.41, 5.74) is 1.47. The van der Waals surface area contributed by atoms with E-state index in [0.29, 0.717) is 10.7 Å². The Morgan fingerprint density at radius 1 is 1.25 bits per heavy atom. The number of nitrogens with zero attached hydrogens (tertiary/aromatic N) is 3. The van der Waals surface area contributed by atoms with Gasteiger partial charge in [-0.1, -0.05) is 17.7 Å². The molecule has 0 radical (unpaired) electrons. The average molecular weight is 313 g/mol. The highest BCUT2D eigenvalue weighted by Crippen LogP contribution is 2.31. The molecule has 2 aromatic rings. The summed E-state index contributed by atoms with van der Waals surface area (Å²) in [7, 11) is 0. The molecule has 0 amide bonds. The molecule has 1 N–H and O–H groups in total. The normalized spacial score (nSPS) is 10.4. The van der Waals surface area contributed by atoms with Crippen molar-refractivity contribution in [2.75, 3.05) is 5.32 Å². The first kappa shape index (κ1) is 14.5. The fourth-order valence-corrected chi connectivity index (χ4v) is 2.08. The summed E-state index contributed by atoms with van der Waals surface area (Å²) in [6, 6.07) is 5.19. The number of nitro groups is 1. The van der Waals surface area contributed by atoms with Gasteiger partial charge in [-0.25, -0.2) is 4.98 Å². The molecule has 0 saturated carbocycles. The van der Waals surface area contributed by atoms with E-state index in [-0.39, 0.29) is 22.5 Å². The molecule has 0 aliphatic heterocycles. The van der Waals surface area contributed by atoms with Gasteiger partial charge in [0.1, 0.15) is 5.69 Å². The van der Waals surface area contributed by atoms with Gasteiger partial charge in [-0.05, 0) is 43.1 Å². The molecule has 0 atom stereocenters. The number of halogens is 2. The molecule has 0 bridgehead atoms. The molecular weight excluding hydrogens is 303 g/mol. The lowest BCUT2D eigenvalue weighted by molar-refractivity contribution is -0.385. The van der Waals surface area contributed by atoms with Crippen molar-refractivity contribution in [3.63, 3.8) is 0 Å². The zero-order chi connectivity index (χ0) is 14.9. The number of hydrogen-bond donors (Lipinski definition) is 1. The van der Waals surface area contributed by atoms with E-state index >= 15 is 0 Å². The largest absolute Gasteiger partial charge is 0.334 e. The smallest absolute Gasteiger partial charge is 0.332 e. The minimum atomic E-state index is -0.548. The molecule has 0 aliphatic rings.